The molecule has 2 heterocycles. The third-order valence-corrected chi connectivity index (χ3v) is 4.31. The fraction of sp³-hybridized carbons (Fsp3) is 0.176. The van der Waals surface area contributed by atoms with Crippen molar-refractivity contribution >= 4 is 34.8 Å². The zero-order chi connectivity index (χ0) is 16.9. The lowest BCUT2D eigenvalue weighted by atomic mass is 10.2. The molecule has 0 saturated heterocycles. The number of fused-ring (bicyclic) bond motifs is 1. The molecule has 0 aliphatic rings. The minimum Gasteiger partial charge on any atom is -0.351 e. The topological polar surface area (TPSA) is 58.4 Å². The van der Waals surface area contributed by atoms with Gasteiger partial charge in [0.2, 0.25) is 0 Å². The number of aromatic nitrogens is 2. The van der Waals surface area contributed by atoms with Crippen LogP contribution in [0.2, 0.25) is 10.0 Å². The average molecular weight is 363 g/mol. The second-order valence-electron chi connectivity index (χ2n) is 5.24. The van der Waals surface area contributed by atoms with Gasteiger partial charge in [-0.25, -0.2) is 4.98 Å². The van der Waals surface area contributed by atoms with Gasteiger partial charge in [0.1, 0.15) is 5.65 Å². The van der Waals surface area contributed by atoms with Crippen molar-refractivity contribution in [2.45, 2.75) is 6.54 Å². The lowest BCUT2D eigenvalue weighted by Gasteiger charge is -2.07. The fourth-order valence-corrected chi connectivity index (χ4v) is 2.63. The summed E-state index contributed by atoms with van der Waals surface area (Å²) in [5.74, 6) is -0.176. The number of nitrogens with one attached hydrogen (secondary N) is 2. The molecule has 2 N–H and O–H groups in total. The molecule has 0 unspecified atom stereocenters. The Morgan fingerprint density at radius 2 is 2.00 bits per heavy atom. The number of rotatable bonds is 6. The minimum atomic E-state index is -0.176. The number of carbonyl (C=O) groups excluding carboxylic acids is 1. The van der Waals surface area contributed by atoms with Crippen LogP contribution in [0.1, 0.15) is 16.1 Å². The third-order valence-electron chi connectivity index (χ3n) is 3.57. The largest absolute Gasteiger partial charge is 0.351 e. The number of nitrogens with zero attached hydrogens (tertiary/aromatic N) is 2. The summed E-state index contributed by atoms with van der Waals surface area (Å²) in [5, 5.41) is 6.93. The van der Waals surface area contributed by atoms with Crippen LogP contribution in [0, 0.1) is 0 Å². The van der Waals surface area contributed by atoms with Crippen LogP contribution in [0.4, 0.5) is 0 Å². The summed E-state index contributed by atoms with van der Waals surface area (Å²) in [6.45, 7) is 1.83. The lowest BCUT2D eigenvalue weighted by molar-refractivity contribution is 0.0954. The van der Waals surface area contributed by atoms with Gasteiger partial charge in [-0.3, -0.25) is 4.79 Å². The Labute approximate surface area is 149 Å². The van der Waals surface area contributed by atoms with Gasteiger partial charge < -0.3 is 15.0 Å². The van der Waals surface area contributed by atoms with Crippen molar-refractivity contribution < 1.29 is 4.79 Å². The zero-order valence-corrected chi connectivity index (χ0v) is 14.3. The van der Waals surface area contributed by atoms with E-state index in [9.17, 15) is 4.79 Å². The molecule has 1 aromatic carbocycles. The molecule has 1 amide bonds. The molecule has 0 bridgehead atoms. The molecule has 0 fully saturated rings. The SMILES string of the molecule is O=C(NCCNCc1cnc2ccccn12)c1ccc(Cl)c(Cl)c1. The second kappa shape index (κ2) is 7.66. The molecule has 0 saturated carbocycles. The monoisotopic (exact) mass is 362 g/mol. The highest BCUT2D eigenvalue weighted by Gasteiger charge is 2.07. The first-order chi connectivity index (χ1) is 11.6. The molecule has 24 heavy (non-hydrogen) atoms. The van der Waals surface area contributed by atoms with E-state index in [1.165, 1.54) is 0 Å². The van der Waals surface area contributed by atoms with E-state index in [4.69, 9.17) is 23.2 Å². The fourth-order valence-electron chi connectivity index (χ4n) is 2.34. The van der Waals surface area contributed by atoms with Crippen LogP contribution >= 0.6 is 23.2 Å². The Kier molecular flexibility index (Phi) is 5.35. The van der Waals surface area contributed by atoms with Crippen LogP contribution in [0.3, 0.4) is 0 Å². The third kappa shape index (κ3) is 3.87. The highest BCUT2D eigenvalue weighted by molar-refractivity contribution is 6.42. The van der Waals surface area contributed by atoms with Crippen molar-refractivity contribution in [3.63, 3.8) is 0 Å². The van der Waals surface area contributed by atoms with Crippen LogP contribution < -0.4 is 10.6 Å². The normalized spacial score (nSPS) is 10.9. The standard InChI is InChI=1S/C17H16Cl2N4O/c18-14-5-4-12(9-15(14)19)17(24)21-7-6-20-10-13-11-22-16-3-1-2-8-23(13)16/h1-5,8-9,11,20H,6-7,10H2,(H,21,24). The summed E-state index contributed by atoms with van der Waals surface area (Å²) in [4.78, 5) is 16.4. The van der Waals surface area contributed by atoms with Gasteiger partial charge in [0.15, 0.2) is 0 Å². The molecule has 2 aromatic heterocycles. The van der Waals surface area contributed by atoms with Crippen molar-refractivity contribution in [1.82, 2.24) is 20.0 Å². The maximum Gasteiger partial charge on any atom is 0.251 e. The zero-order valence-electron chi connectivity index (χ0n) is 12.8. The molecular weight excluding hydrogens is 347 g/mol. The maximum absolute atomic E-state index is 12.0. The number of benzene rings is 1. The molecule has 0 atom stereocenters. The average Bonchev–Trinajstić information content (AvgIpc) is 3.00. The molecule has 5 nitrogen and oxygen atoms in total. The molecule has 0 aliphatic heterocycles. The van der Waals surface area contributed by atoms with Crippen molar-refractivity contribution in [2.24, 2.45) is 0 Å². The molecule has 3 rings (SSSR count). The summed E-state index contributed by atoms with van der Waals surface area (Å²) in [6.07, 6.45) is 3.82. The first-order valence-electron chi connectivity index (χ1n) is 7.50. The lowest BCUT2D eigenvalue weighted by Crippen LogP contribution is -2.31. The summed E-state index contributed by atoms with van der Waals surface area (Å²) in [6, 6.07) is 10.7. The van der Waals surface area contributed by atoms with E-state index in [-0.39, 0.29) is 5.91 Å². The van der Waals surface area contributed by atoms with Crippen LogP contribution in [0.25, 0.3) is 5.65 Å². The van der Waals surface area contributed by atoms with Gasteiger partial charge in [-0.1, -0.05) is 29.3 Å². The van der Waals surface area contributed by atoms with E-state index in [0.717, 1.165) is 11.3 Å². The van der Waals surface area contributed by atoms with E-state index in [1.807, 2.05) is 35.0 Å². The van der Waals surface area contributed by atoms with Gasteiger partial charge in [0.05, 0.1) is 21.9 Å². The maximum atomic E-state index is 12.0. The Hall–Kier alpha value is -2.08. The summed E-state index contributed by atoms with van der Waals surface area (Å²) >= 11 is 11.8. The summed E-state index contributed by atoms with van der Waals surface area (Å²) < 4.78 is 2.03. The second-order valence-corrected chi connectivity index (χ2v) is 6.05. The van der Waals surface area contributed by atoms with Gasteiger partial charge in [-0.15, -0.1) is 0 Å². The minimum absolute atomic E-state index is 0.176. The van der Waals surface area contributed by atoms with Crippen LogP contribution in [-0.4, -0.2) is 28.4 Å². The molecular formula is C17H16Cl2N4O. The molecule has 0 aliphatic carbocycles. The van der Waals surface area contributed by atoms with Gasteiger partial charge in [0, 0.05) is 31.4 Å². The molecule has 7 heteroatoms. The summed E-state index contributed by atoms with van der Waals surface area (Å²) in [7, 11) is 0. The van der Waals surface area contributed by atoms with Crippen molar-refractivity contribution in [1.29, 1.82) is 0 Å². The van der Waals surface area contributed by atoms with Gasteiger partial charge in [-0.05, 0) is 30.3 Å². The Morgan fingerprint density at radius 3 is 2.83 bits per heavy atom. The highest BCUT2D eigenvalue weighted by Crippen LogP contribution is 2.22. The van der Waals surface area contributed by atoms with E-state index < -0.39 is 0 Å². The van der Waals surface area contributed by atoms with Crippen LogP contribution in [0.15, 0.2) is 48.8 Å². The number of hydrogen-bond acceptors (Lipinski definition) is 3. The Bertz CT molecular complexity index is 863. The van der Waals surface area contributed by atoms with Crippen LogP contribution in [-0.2, 0) is 6.54 Å². The van der Waals surface area contributed by atoms with E-state index in [0.29, 0.717) is 35.2 Å². The highest BCUT2D eigenvalue weighted by atomic mass is 35.5. The number of amides is 1. The first kappa shape index (κ1) is 16.8. The van der Waals surface area contributed by atoms with Gasteiger partial charge in [-0.2, -0.15) is 0 Å². The van der Waals surface area contributed by atoms with Gasteiger partial charge >= 0.3 is 0 Å². The quantitative estimate of drug-likeness (QED) is 0.662. The Morgan fingerprint density at radius 1 is 1.12 bits per heavy atom. The smallest absolute Gasteiger partial charge is 0.251 e. The molecule has 0 spiro atoms. The number of carbonyl (C=O) groups is 1. The predicted molar refractivity (Wildman–Crippen MR) is 95.7 cm³/mol. The molecule has 3 aromatic rings. The number of pyridine rings is 1. The van der Waals surface area contributed by atoms with Crippen molar-refractivity contribution in [3.8, 4) is 0 Å². The van der Waals surface area contributed by atoms with E-state index >= 15 is 0 Å². The van der Waals surface area contributed by atoms with Crippen molar-refractivity contribution in [2.75, 3.05) is 13.1 Å². The summed E-state index contributed by atoms with van der Waals surface area (Å²) in [5.41, 5.74) is 2.48. The number of hydrogen-bond donors (Lipinski definition) is 2. The molecule has 0 radical (unpaired) electrons. The van der Waals surface area contributed by atoms with Crippen molar-refractivity contribution in [3.05, 3.63) is 70.1 Å². The predicted octanol–water partition coefficient (Wildman–Crippen LogP) is 3.16. The van der Waals surface area contributed by atoms with E-state index in [2.05, 4.69) is 15.6 Å². The Balaban J connectivity index is 1.45. The van der Waals surface area contributed by atoms with E-state index in [1.54, 1.807) is 18.2 Å². The number of imidazole rings is 1. The first-order valence-corrected chi connectivity index (χ1v) is 8.25. The molecule has 124 valence electrons. The van der Waals surface area contributed by atoms with Gasteiger partial charge in [0.25, 0.3) is 5.91 Å². The number of halogens is 2. The van der Waals surface area contributed by atoms with Crippen LogP contribution in [0.5, 0.6) is 0 Å².